The highest BCUT2D eigenvalue weighted by molar-refractivity contribution is 5.83. The van der Waals surface area contributed by atoms with Crippen LogP contribution in [0.5, 0.6) is 0 Å². The van der Waals surface area contributed by atoms with Gasteiger partial charge in [0.1, 0.15) is 0 Å². The summed E-state index contributed by atoms with van der Waals surface area (Å²) in [6, 6.07) is -0.0110. The fourth-order valence-electron chi connectivity index (χ4n) is 3.10. The van der Waals surface area contributed by atoms with E-state index in [1.165, 1.54) is 25.7 Å². The molecule has 17 heavy (non-hydrogen) atoms. The second-order valence-corrected chi connectivity index (χ2v) is 5.26. The Bertz CT molecular complexity index is 264. The Hall–Kier alpha value is -0.610. The van der Waals surface area contributed by atoms with Gasteiger partial charge in [0.05, 0.1) is 12.2 Å². The fraction of sp³-hybridized carbons (Fsp3) is 0.923. The first-order valence-corrected chi connectivity index (χ1v) is 6.79. The first-order valence-electron chi connectivity index (χ1n) is 6.79. The molecule has 1 saturated carbocycles. The van der Waals surface area contributed by atoms with E-state index >= 15 is 0 Å². The van der Waals surface area contributed by atoms with Crippen molar-refractivity contribution in [3.05, 3.63) is 0 Å². The van der Waals surface area contributed by atoms with Gasteiger partial charge in [0.2, 0.25) is 5.91 Å². The number of amides is 1. The third kappa shape index (κ3) is 2.80. The summed E-state index contributed by atoms with van der Waals surface area (Å²) in [6.07, 6.45) is 6.36. The average molecular weight is 240 g/mol. The lowest BCUT2D eigenvalue weighted by Crippen LogP contribution is -2.43. The summed E-state index contributed by atoms with van der Waals surface area (Å²) in [7, 11) is 1.71. The zero-order valence-corrected chi connectivity index (χ0v) is 10.9. The molecule has 1 aliphatic heterocycles. The lowest BCUT2D eigenvalue weighted by atomic mass is 10.0. The smallest absolute Gasteiger partial charge is 0.240 e. The van der Waals surface area contributed by atoms with Gasteiger partial charge in [0.15, 0.2) is 0 Å². The van der Waals surface area contributed by atoms with Crippen molar-refractivity contribution < 1.29 is 9.53 Å². The average Bonchev–Trinajstić information content (AvgIpc) is 2.92. The highest BCUT2D eigenvalue weighted by Gasteiger charge is 2.40. The molecule has 0 bridgehead atoms. The van der Waals surface area contributed by atoms with Gasteiger partial charge in [0.25, 0.3) is 0 Å². The molecule has 0 aromatic heterocycles. The Balaban J connectivity index is 1.94. The molecule has 1 amide bonds. The van der Waals surface area contributed by atoms with Crippen LogP contribution in [0.3, 0.4) is 0 Å². The number of nitrogens with zero attached hydrogens (tertiary/aromatic N) is 1. The third-order valence-corrected chi connectivity index (χ3v) is 4.00. The predicted molar refractivity (Wildman–Crippen MR) is 66.5 cm³/mol. The summed E-state index contributed by atoms with van der Waals surface area (Å²) in [5, 5.41) is 3.46. The molecule has 1 heterocycles. The minimum atomic E-state index is -0.0110. The molecule has 2 atom stereocenters. The Morgan fingerprint density at radius 3 is 2.76 bits per heavy atom. The number of hydrogen-bond acceptors (Lipinski definition) is 3. The van der Waals surface area contributed by atoms with E-state index in [9.17, 15) is 4.79 Å². The molecule has 2 aliphatic rings. The summed E-state index contributed by atoms with van der Waals surface area (Å²) >= 11 is 0. The van der Waals surface area contributed by atoms with Crippen LogP contribution in [0.2, 0.25) is 0 Å². The zero-order valence-electron chi connectivity index (χ0n) is 10.9. The fourth-order valence-corrected chi connectivity index (χ4v) is 3.10. The van der Waals surface area contributed by atoms with Crippen LogP contribution in [0.4, 0.5) is 0 Å². The normalized spacial score (nSPS) is 30.5. The van der Waals surface area contributed by atoms with E-state index < -0.39 is 0 Å². The lowest BCUT2D eigenvalue weighted by molar-refractivity contribution is -0.130. The molecule has 2 rings (SSSR count). The van der Waals surface area contributed by atoms with Gasteiger partial charge in [-0.05, 0) is 32.1 Å². The van der Waals surface area contributed by atoms with Crippen LogP contribution < -0.4 is 5.32 Å². The summed E-state index contributed by atoms with van der Waals surface area (Å²) in [5.74, 6) is 0.921. The van der Waals surface area contributed by atoms with E-state index in [4.69, 9.17) is 4.74 Å². The number of methoxy groups -OCH3 is 1. The van der Waals surface area contributed by atoms with E-state index in [-0.39, 0.29) is 18.1 Å². The van der Waals surface area contributed by atoms with Crippen LogP contribution in [-0.4, -0.2) is 43.3 Å². The van der Waals surface area contributed by atoms with Gasteiger partial charge in [-0.2, -0.15) is 0 Å². The first kappa shape index (κ1) is 12.8. The minimum absolute atomic E-state index is 0.0110. The number of nitrogens with one attached hydrogen (secondary N) is 1. The van der Waals surface area contributed by atoms with Crippen LogP contribution in [0.15, 0.2) is 0 Å². The molecule has 98 valence electrons. The van der Waals surface area contributed by atoms with E-state index in [0.29, 0.717) is 5.92 Å². The zero-order chi connectivity index (χ0) is 12.3. The van der Waals surface area contributed by atoms with Crippen LogP contribution in [0.25, 0.3) is 0 Å². The van der Waals surface area contributed by atoms with Gasteiger partial charge in [-0.1, -0.05) is 12.8 Å². The molecular weight excluding hydrogens is 216 g/mol. The molecule has 1 N–H and O–H groups in total. The van der Waals surface area contributed by atoms with Crippen LogP contribution >= 0.6 is 0 Å². The van der Waals surface area contributed by atoms with Crippen molar-refractivity contribution in [1.29, 1.82) is 0 Å². The molecule has 1 saturated heterocycles. The molecule has 0 radical (unpaired) electrons. The van der Waals surface area contributed by atoms with Crippen LogP contribution in [-0.2, 0) is 9.53 Å². The summed E-state index contributed by atoms with van der Waals surface area (Å²) in [5.41, 5.74) is 0. The second kappa shape index (κ2) is 5.83. The van der Waals surface area contributed by atoms with E-state index in [1.807, 2.05) is 11.8 Å². The van der Waals surface area contributed by atoms with E-state index in [0.717, 1.165) is 19.6 Å². The van der Waals surface area contributed by atoms with E-state index in [1.54, 1.807) is 7.11 Å². The quantitative estimate of drug-likeness (QED) is 0.738. The third-order valence-electron chi connectivity index (χ3n) is 4.00. The summed E-state index contributed by atoms with van der Waals surface area (Å²) in [6.45, 7) is 3.53. The number of carbonyl (C=O) groups excluding carboxylic acids is 1. The first-order chi connectivity index (χ1) is 8.24. The molecule has 2 fully saturated rings. The second-order valence-electron chi connectivity index (χ2n) is 5.26. The van der Waals surface area contributed by atoms with Crippen molar-refractivity contribution in [3.63, 3.8) is 0 Å². The van der Waals surface area contributed by atoms with Gasteiger partial charge < -0.3 is 9.64 Å². The molecule has 4 nitrogen and oxygen atoms in total. The molecule has 4 heteroatoms. The van der Waals surface area contributed by atoms with Gasteiger partial charge in [-0.25, -0.2) is 0 Å². The van der Waals surface area contributed by atoms with Gasteiger partial charge in [-0.3, -0.25) is 10.1 Å². The van der Waals surface area contributed by atoms with Crippen molar-refractivity contribution in [2.45, 2.75) is 51.2 Å². The van der Waals surface area contributed by atoms with Gasteiger partial charge in [-0.15, -0.1) is 0 Å². The van der Waals surface area contributed by atoms with Crippen LogP contribution in [0, 0.1) is 5.92 Å². The molecular formula is C13H24N2O2. The Kier molecular flexibility index (Phi) is 4.40. The molecule has 0 aromatic carbocycles. The van der Waals surface area contributed by atoms with Crippen molar-refractivity contribution in [2.75, 3.05) is 20.3 Å². The van der Waals surface area contributed by atoms with Gasteiger partial charge >= 0.3 is 0 Å². The van der Waals surface area contributed by atoms with Crippen molar-refractivity contribution in [3.8, 4) is 0 Å². The molecule has 0 aromatic rings. The maximum Gasteiger partial charge on any atom is 0.240 e. The predicted octanol–water partition coefficient (Wildman–Crippen LogP) is 1.36. The highest BCUT2D eigenvalue weighted by Crippen LogP contribution is 2.31. The van der Waals surface area contributed by atoms with Crippen LogP contribution in [0.1, 0.15) is 39.0 Å². The van der Waals surface area contributed by atoms with Gasteiger partial charge in [0, 0.05) is 20.3 Å². The molecule has 1 aliphatic carbocycles. The lowest BCUT2D eigenvalue weighted by Gasteiger charge is -2.29. The number of carbonyl (C=O) groups is 1. The van der Waals surface area contributed by atoms with Crippen molar-refractivity contribution in [2.24, 2.45) is 5.92 Å². The number of hydrogen-bond donors (Lipinski definition) is 1. The molecule has 2 unspecified atom stereocenters. The van der Waals surface area contributed by atoms with Crippen molar-refractivity contribution in [1.82, 2.24) is 10.2 Å². The van der Waals surface area contributed by atoms with E-state index in [2.05, 4.69) is 5.32 Å². The summed E-state index contributed by atoms with van der Waals surface area (Å²) < 4.78 is 5.07. The Labute approximate surface area is 104 Å². The highest BCUT2D eigenvalue weighted by atomic mass is 16.5. The standard InChI is InChI=1S/C13H24N2O2/c1-10-13(16)15(8-5-9-17-2)12(14-10)11-6-3-4-7-11/h10-12,14H,3-9H2,1-2H3. The largest absolute Gasteiger partial charge is 0.385 e. The Morgan fingerprint density at radius 1 is 1.41 bits per heavy atom. The SMILES string of the molecule is COCCCN1C(=O)C(C)NC1C1CCCC1. The summed E-state index contributed by atoms with van der Waals surface area (Å²) in [4.78, 5) is 14.1. The number of ether oxygens (including phenoxy) is 1. The van der Waals surface area contributed by atoms with Crippen molar-refractivity contribution >= 4 is 5.91 Å². The Morgan fingerprint density at radius 2 is 2.12 bits per heavy atom. The minimum Gasteiger partial charge on any atom is -0.385 e. The monoisotopic (exact) mass is 240 g/mol. The topological polar surface area (TPSA) is 41.6 Å². The maximum absolute atomic E-state index is 12.1. The molecule has 0 spiro atoms. The maximum atomic E-state index is 12.1. The number of rotatable bonds is 5.